The van der Waals surface area contributed by atoms with Crippen molar-refractivity contribution in [2.75, 3.05) is 0 Å². The summed E-state index contributed by atoms with van der Waals surface area (Å²) >= 11 is 0. The molecule has 0 saturated heterocycles. The molecule has 0 spiro atoms. The molecule has 2 aromatic rings. The van der Waals surface area contributed by atoms with Gasteiger partial charge in [-0.15, -0.1) is 0 Å². The van der Waals surface area contributed by atoms with E-state index in [-0.39, 0.29) is 23.1 Å². The molecule has 2 heteroatoms. The Morgan fingerprint density at radius 3 is 2.52 bits per heavy atom. The van der Waals surface area contributed by atoms with Crippen LogP contribution in [0.25, 0.3) is 6.08 Å². The SMILES string of the molecule is C=Cc1ccc2c(c1)CCC(c1c(F)cc(CCCCC)cc1F)C2. The summed E-state index contributed by atoms with van der Waals surface area (Å²) in [4.78, 5) is 0. The molecule has 0 saturated carbocycles. The molecule has 0 heterocycles. The number of benzene rings is 2. The number of fused-ring (bicyclic) bond motifs is 1. The Labute approximate surface area is 149 Å². The molecular weight excluding hydrogens is 314 g/mol. The highest BCUT2D eigenvalue weighted by Crippen LogP contribution is 2.36. The maximum atomic E-state index is 14.6. The molecule has 0 amide bonds. The van der Waals surface area contributed by atoms with E-state index < -0.39 is 0 Å². The quantitative estimate of drug-likeness (QED) is 0.519. The van der Waals surface area contributed by atoms with Gasteiger partial charge in [-0.25, -0.2) is 8.78 Å². The second-order valence-electron chi connectivity index (χ2n) is 7.10. The lowest BCUT2D eigenvalue weighted by molar-refractivity contribution is 0.489. The highest BCUT2D eigenvalue weighted by atomic mass is 19.1. The molecule has 132 valence electrons. The summed E-state index contributed by atoms with van der Waals surface area (Å²) < 4.78 is 29.3. The lowest BCUT2D eigenvalue weighted by Crippen LogP contribution is -2.16. The molecule has 1 atom stereocenters. The summed E-state index contributed by atoms with van der Waals surface area (Å²) in [7, 11) is 0. The zero-order valence-electron chi connectivity index (χ0n) is 15.0. The van der Waals surface area contributed by atoms with Crippen LogP contribution in [-0.2, 0) is 19.3 Å². The number of aryl methyl sites for hydroxylation is 2. The van der Waals surface area contributed by atoms with E-state index in [9.17, 15) is 8.78 Å². The van der Waals surface area contributed by atoms with E-state index in [0.717, 1.165) is 49.7 Å². The molecule has 1 aliphatic carbocycles. The van der Waals surface area contributed by atoms with E-state index >= 15 is 0 Å². The average molecular weight is 340 g/mol. The maximum absolute atomic E-state index is 14.6. The van der Waals surface area contributed by atoms with Crippen molar-refractivity contribution in [1.29, 1.82) is 0 Å². The Bertz CT molecular complexity index is 738. The molecule has 1 aliphatic rings. The zero-order valence-corrected chi connectivity index (χ0v) is 15.0. The molecular formula is C23H26F2. The van der Waals surface area contributed by atoms with Gasteiger partial charge in [-0.2, -0.15) is 0 Å². The van der Waals surface area contributed by atoms with E-state index in [0.29, 0.717) is 6.42 Å². The first-order valence-electron chi connectivity index (χ1n) is 9.34. The van der Waals surface area contributed by atoms with Gasteiger partial charge in [0, 0.05) is 5.56 Å². The van der Waals surface area contributed by atoms with Gasteiger partial charge in [0.1, 0.15) is 11.6 Å². The van der Waals surface area contributed by atoms with Gasteiger partial charge in [0.15, 0.2) is 0 Å². The average Bonchev–Trinajstić information content (AvgIpc) is 2.61. The van der Waals surface area contributed by atoms with Crippen LogP contribution < -0.4 is 0 Å². The first-order valence-corrected chi connectivity index (χ1v) is 9.34. The summed E-state index contributed by atoms with van der Waals surface area (Å²) in [5.41, 5.74) is 4.64. The monoisotopic (exact) mass is 340 g/mol. The Balaban J connectivity index is 1.81. The van der Waals surface area contributed by atoms with Crippen molar-refractivity contribution in [3.8, 4) is 0 Å². The maximum Gasteiger partial charge on any atom is 0.129 e. The minimum atomic E-state index is -0.373. The standard InChI is InChI=1S/C23H26F2/c1-3-5-6-7-17-13-21(24)23(22(25)14-17)20-11-10-18-12-16(4-2)8-9-19(18)15-20/h4,8-9,12-14,20H,2-3,5-7,10-11,15H2,1H3. The normalized spacial score (nSPS) is 16.5. The first-order chi connectivity index (χ1) is 12.1. The summed E-state index contributed by atoms with van der Waals surface area (Å²) in [5.74, 6) is -0.822. The van der Waals surface area contributed by atoms with Crippen LogP contribution in [0.5, 0.6) is 0 Å². The fourth-order valence-corrected chi connectivity index (χ4v) is 3.90. The first kappa shape index (κ1) is 17.8. The van der Waals surface area contributed by atoms with Crippen molar-refractivity contribution in [1.82, 2.24) is 0 Å². The van der Waals surface area contributed by atoms with Crippen molar-refractivity contribution < 1.29 is 8.78 Å². The Kier molecular flexibility index (Phi) is 5.67. The van der Waals surface area contributed by atoms with E-state index in [2.05, 4.69) is 25.6 Å². The van der Waals surface area contributed by atoms with Gasteiger partial charge in [0.25, 0.3) is 0 Å². The summed E-state index contributed by atoms with van der Waals surface area (Å²) in [6.45, 7) is 5.93. The van der Waals surface area contributed by atoms with Gasteiger partial charge in [0.2, 0.25) is 0 Å². The minimum Gasteiger partial charge on any atom is -0.207 e. The largest absolute Gasteiger partial charge is 0.207 e. The van der Waals surface area contributed by atoms with Crippen LogP contribution in [0.4, 0.5) is 8.78 Å². The van der Waals surface area contributed by atoms with Crippen molar-refractivity contribution in [3.05, 3.63) is 76.4 Å². The summed E-state index contributed by atoms with van der Waals surface area (Å²) in [6.07, 6.45) is 8.13. The zero-order chi connectivity index (χ0) is 17.8. The van der Waals surface area contributed by atoms with E-state index in [4.69, 9.17) is 0 Å². The second-order valence-corrected chi connectivity index (χ2v) is 7.10. The lowest BCUT2D eigenvalue weighted by Gasteiger charge is -2.26. The van der Waals surface area contributed by atoms with Crippen LogP contribution in [-0.4, -0.2) is 0 Å². The fraction of sp³-hybridized carbons (Fsp3) is 0.391. The Morgan fingerprint density at radius 2 is 1.84 bits per heavy atom. The predicted molar refractivity (Wildman–Crippen MR) is 101 cm³/mol. The number of hydrogen-bond donors (Lipinski definition) is 0. The van der Waals surface area contributed by atoms with Gasteiger partial charge in [-0.3, -0.25) is 0 Å². The Hall–Kier alpha value is -1.96. The molecule has 0 fully saturated rings. The van der Waals surface area contributed by atoms with Crippen LogP contribution >= 0.6 is 0 Å². The third-order valence-electron chi connectivity index (χ3n) is 5.31. The van der Waals surface area contributed by atoms with Gasteiger partial charge >= 0.3 is 0 Å². The third-order valence-corrected chi connectivity index (χ3v) is 5.31. The van der Waals surface area contributed by atoms with Gasteiger partial charge in [-0.05, 0) is 72.4 Å². The van der Waals surface area contributed by atoms with Gasteiger partial charge in [0.05, 0.1) is 0 Å². The molecule has 0 radical (unpaired) electrons. The molecule has 3 rings (SSSR count). The predicted octanol–water partition coefficient (Wildman–Crippen LogP) is 6.61. The van der Waals surface area contributed by atoms with Crippen LogP contribution in [0.3, 0.4) is 0 Å². The molecule has 2 aromatic carbocycles. The molecule has 0 bridgehead atoms. The van der Waals surface area contributed by atoms with Crippen LogP contribution in [0.15, 0.2) is 36.9 Å². The third kappa shape index (κ3) is 4.00. The molecule has 0 nitrogen and oxygen atoms in total. The highest BCUT2D eigenvalue weighted by molar-refractivity contribution is 5.51. The van der Waals surface area contributed by atoms with Crippen molar-refractivity contribution in [2.45, 2.75) is 57.8 Å². The van der Waals surface area contributed by atoms with E-state index in [1.165, 1.54) is 11.1 Å². The summed E-state index contributed by atoms with van der Waals surface area (Å²) in [6, 6.07) is 9.34. The van der Waals surface area contributed by atoms with Crippen LogP contribution in [0.1, 0.15) is 66.3 Å². The van der Waals surface area contributed by atoms with Crippen molar-refractivity contribution in [3.63, 3.8) is 0 Å². The molecule has 25 heavy (non-hydrogen) atoms. The van der Waals surface area contributed by atoms with Crippen LogP contribution in [0.2, 0.25) is 0 Å². The number of hydrogen-bond acceptors (Lipinski definition) is 0. The second kappa shape index (κ2) is 7.95. The van der Waals surface area contributed by atoms with Gasteiger partial charge in [-0.1, -0.05) is 50.6 Å². The lowest BCUT2D eigenvalue weighted by atomic mass is 9.79. The molecule has 0 aliphatic heterocycles. The molecule has 1 unspecified atom stereocenters. The number of unbranched alkanes of at least 4 members (excludes halogenated alkanes) is 2. The number of halogens is 2. The molecule has 0 N–H and O–H groups in total. The van der Waals surface area contributed by atoms with Crippen LogP contribution in [0, 0.1) is 11.6 Å². The molecule has 0 aromatic heterocycles. The van der Waals surface area contributed by atoms with E-state index in [1.54, 1.807) is 12.1 Å². The Morgan fingerprint density at radius 1 is 1.08 bits per heavy atom. The smallest absolute Gasteiger partial charge is 0.129 e. The topological polar surface area (TPSA) is 0 Å². The van der Waals surface area contributed by atoms with E-state index in [1.807, 2.05) is 12.1 Å². The van der Waals surface area contributed by atoms with Crippen molar-refractivity contribution in [2.24, 2.45) is 0 Å². The minimum absolute atomic E-state index is 0.0771. The highest BCUT2D eigenvalue weighted by Gasteiger charge is 2.25. The number of rotatable bonds is 6. The van der Waals surface area contributed by atoms with Gasteiger partial charge < -0.3 is 0 Å². The summed E-state index contributed by atoms with van der Waals surface area (Å²) in [5, 5.41) is 0. The van der Waals surface area contributed by atoms with Crippen molar-refractivity contribution >= 4 is 6.08 Å². The fourth-order valence-electron chi connectivity index (χ4n) is 3.90.